The van der Waals surface area contributed by atoms with E-state index in [0.717, 1.165) is 11.6 Å². The number of fused-ring (bicyclic) bond motifs is 1. The molecule has 9 heteroatoms. The fourth-order valence-corrected chi connectivity index (χ4v) is 6.24. The molecule has 0 aliphatic heterocycles. The second-order valence-electron chi connectivity index (χ2n) is 12.2. The number of carbonyl (C=O) groups excluding carboxylic acids is 2. The van der Waals surface area contributed by atoms with Crippen molar-refractivity contribution in [1.29, 1.82) is 0 Å². The summed E-state index contributed by atoms with van der Waals surface area (Å²) in [6, 6.07) is 24.9. The van der Waals surface area contributed by atoms with E-state index >= 15 is 0 Å². The fraction of sp³-hybridized carbons (Fsp3) is 0.364. The van der Waals surface area contributed by atoms with Crippen LogP contribution in [0.1, 0.15) is 28.8 Å². The third-order valence-electron chi connectivity index (χ3n) is 7.92. The molecule has 0 spiro atoms. The van der Waals surface area contributed by atoms with Gasteiger partial charge in [0.25, 0.3) is 5.56 Å². The van der Waals surface area contributed by atoms with Gasteiger partial charge in [-0.05, 0) is 66.8 Å². The van der Waals surface area contributed by atoms with E-state index < -0.39 is 19.9 Å². The van der Waals surface area contributed by atoms with Gasteiger partial charge in [-0.25, -0.2) is 4.68 Å². The Hall–Kier alpha value is -4.11. The zero-order chi connectivity index (χ0) is 29.7. The van der Waals surface area contributed by atoms with Gasteiger partial charge in [-0.15, -0.1) is 5.10 Å². The lowest BCUT2D eigenvalue weighted by Gasteiger charge is -2.24. The Morgan fingerprint density at radius 3 is 2.38 bits per heavy atom. The molecule has 1 aromatic heterocycles. The number of benzene rings is 3. The van der Waals surface area contributed by atoms with E-state index in [1.54, 1.807) is 42.5 Å². The van der Waals surface area contributed by atoms with E-state index in [1.807, 2.05) is 36.4 Å². The predicted molar refractivity (Wildman–Crippen MR) is 164 cm³/mol. The number of esters is 1. The summed E-state index contributed by atoms with van der Waals surface area (Å²) in [5.74, 6) is -1.31. The molecule has 0 bridgehead atoms. The Morgan fingerprint density at radius 2 is 1.64 bits per heavy atom. The number of ketones is 1. The Bertz CT molecular complexity index is 1600. The normalized spacial score (nSPS) is 18.6. The summed E-state index contributed by atoms with van der Waals surface area (Å²) in [6.45, 7) is 7.64. The number of hydrogen-bond acceptors (Lipinski definition) is 7. The molecule has 4 aromatic rings. The van der Waals surface area contributed by atoms with Crippen LogP contribution >= 0.6 is 0 Å². The van der Waals surface area contributed by atoms with Crippen LogP contribution in [0, 0.1) is 17.8 Å². The third kappa shape index (κ3) is 7.02. The molecule has 3 aromatic carbocycles. The standard InChI is InChI=1S/C33H37N3O5Si/c1-42(2,3)20-19-40-33(39)30-25(21-36-32(38)27-11-7-8-12-29(27)34-35-36)15-18-28(30)31(37)24-13-16-26(17-14-24)41-22-23-9-5-4-6-10-23/h4-14,16-17,25,28,30H,15,18-22H2,1-3H3/t25-,28-,30-/m0/s1. The second-order valence-corrected chi connectivity index (χ2v) is 17.8. The van der Waals surface area contributed by atoms with E-state index in [1.165, 1.54) is 4.68 Å². The van der Waals surface area contributed by atoms with Gasteiger partial charge in [0.2, 0.25) is 0 Å². The van der Waals surface area contributed by atoms with E-state index in [0.29, 0.717) is 48.3 Å². The predicted octanol–water partition coefficient (Wildman–Crippen LogP) is 5.78. The minimum absolute atomic E-state index is 0.101. The summed E-state index contributed by atoms with van der Waals surface area (Å²) in [4.78, 5) is 40.5. The lowest BCUT2D eigenvalue weighted by atomic mass is 9.84. The Balaban J connectivity index is 1.34. The summed E-state index contributed by atoms with van der Waals surface area (Å²) in [5, 5.41) is 8.82. The number of rotatable bonds is 11. The van der Waals surface area contributed by atoms with Crippen molar-refractivity contribution in [2.75, 3.05) is 6.61 Å². The lowest BCUT2D eigenvalue weighted by molar-refractivity contribution is -0.150. The van der Waals surface area contributed by atoms with Gasteiger partial charge in [-0.1, -0.05) is 67.3 Å². The molecule has 5 rings (SSSR count). The zero-order valence-corrected chi connectivity index (χ0v) is 25.4. The van der Waals surface area contributed by atoms with Crippen LogP contribution in [0.25, 0.3) is 10.9 Å². The molecule has 0 amide bonds. The summed E-state index contributed by atoms with van der Waals surface area (Å²) in [6.07, 6.45) is 1.13. The largest absolute Gasteiger partial charge is 0.489 e. The van der Waals surface area contributed by atoms with Gasteiger partial charge >= 0.3 is 5.97 Å². The first-order chi connectivity index (χ1) is 20.2. The molecule has 1 aliphatic carbocycles. The maximum Gasteiger partial charge on any atom is 0.310 e. The molecule has 3 atom stereocenters. The highest BCUT2D eigenvalue weighted by Gasteiger charge is 2.46. The smallest absolute Gasteiger partial charge is 0.310 e. The molecule has 0 N–H and O–H groups in total. The van der Waals surface area contributed by atoms with Crippen LogP contribution in [0.2, 0.25) is 25.7 Å². The fourth-order valence-electron chi connectivity index (χ4n) is 5.53. The average Bonchev–Trinajstić information content (AvgIpc) is 3.41. The molecule has 1 saturated carbocycles. The number of ether oxygens (including phenoxy) is 2. The highest BCUT2D eigenvalue weighted by molar-refractivity contribution is 6.76. The van der Waals surface area contributed by atoms with E-state index in [2.05, 4.69) is 30.0 Å². The Kier molecular flexibility index (Phi) is 8.96. The monoisotopic (exact) mass is 583 g/mol. The zero-order valence-electron chi connectivity index (χ0n) is 24.4. The number of aromatic nitrogens is 3. The Morgan fingerprint density at radius 1 is 0.929 bits per heavy atom. The van der Waals surface area contributed by atoms with Gasteiger partial charge in [0.15, 0.2) is 5.78 Å². The quantitative estimate of drug-likeness (QED) is 0.125. The van der Waals surface area contributed by atoms with E-state index in [-0.39, 0.29) is 29.8 Å². The molecule has 0 saturated heterocycles. The molecule has 218 valence electrons. The van der Waals surface area contributed by atoms with Crippen LogP contribution in [-0.2, 0) is 22.7 Å². The van der Waals surface area contributed by atoms with Gasteiger partial charge in [-0.3, -0.25) is 14.4 Å². The maximum absolute atomic E-state index is 13.8. The summed E-state index contributed by atoms with van der Waals surface area (Å²) in [5.41, 5.74) is 1.85. The lowest BCUT2D eigenvalue weighted by Crippen LogP contribution is -2.36. The SMILES string of the molecule is C[Si](C)(C)CCOC(=O)[C@H]1[C@H](Cn2nnc3ccccc3c2=O)CC[C@@H]1C(=O)c1ccc(OCc2ccccc2)cc1. The molecular weight excluding hydrogens is 546 g/mol. The minimum Gasteiger partial charge on any atom is -0.489 e. The molecular formula is C33H37N3O5Si. The average molecular weight is 584 g/mol. The topological polar surface area (TPSA) is 100 Å². The van der Waals surface area contributed by atoms with Crippen LogP contribution in [0.4, 0.5) is 0 Å². The van der Waals surface area contributed by atoms with Crippen molar-refractivity contribution in [2.45, 2.75) is 51.7 Å². The van der Waals surface area contributed by atoms with Crippen molar-refractivity contribution in [3.63, 3.8) is 0 Å². The number of nitrogens with zero attached hydrogens (tertiary/aromatic N) is 3. The minimum atomic E-state index is -1.42. The summed E-state index contributed by atoms with van der Waals surface area (Å²) in [7, 11) is -1.42. The molecule has 1 heterocycles. The summed E-state index contributed by atoms with van der Waals surface area (Å²) < 4.78 is 13.0. The summed E-state index contributed by atoms with van der Waals surface area (Å²) >= 11 is 0. The van der Waals surface area contributed by atoms with E-state index in [4.69, 9.17) is 9.47 Å². The molecule has 42 heavy (non-hydrogen) atoms. The maximum atomic E-state index is 13.8. The number of carbonyl (C=O) groups is 2. The van der Waals surface area contributed by atoms with Gasteiger partial charge in [0, 0.05) is 19.6 Å². The van der Waals surface area contributed by atoms with E-state index in [9.17, 15) is 14.4 Å². The first kappa shape index (κ1) is 29.4. The Labute approximate surface area is 246 Å². The van der Waals surface area contributed by atoms with Crippen LogP contribution in [0.15, 0.2) is 83.7 Å². The second kappa shape index (κ2) is 12.8. The van der Waals surface area contributed by atoms with Crippen molar-refractivity contribution in [2.24, 2.45) is 17.8 Å². The molecule has 1 fully saturated rings. The highest BCUT2D eigenvalue weighted by atomic mass is 28.3. The molecule has 0 radical (unpaired) electrons. The third-order valence-corrected chi connectivity index (χ3v) is 9.62. The number of hydrogen-bond donors (Lipinski definition) is 0. The number of Topliss-reactive ketones (excluding diaryl/α,β-unsaturated/α-hetero) is 1. The molecule has 0 unspecified atom stereocenters. The van der Waals surface area contributed by atoms with Crippen molar-refractivity contribution in [3.05, 3.63) is 100 Å². The van der Waals surface area contributed by atoms with Crippen LogP contribution in [-0.4, -0.2) is 41.4 Å². The molecule has 1 aliphatic rings. The van der Waals surface area contributed by atoms with Gasteiger partial charge in [0.05, 0.1) is 24.5 Å². The van der Waals surface area contributed by atoms with Crippen molar-refractivity contribution >= 4 is 30.7 Å². The van der Waals surface area contributed by atoms with Crippen LogP contribution in [0.3, 0.4) is 0 Å². The van der Waals surface area contributed by atoms with Crippen LogP contribution in [0.5, 0.6) is 5.75 Å². The van der Waals surface area contributed by atoms with Crippen molar-refractivity contribution < 1.29 is 19.1 Å². The molecule has 8 nitrogen and oxygen atoms in total. The highest BCUT2D eigenvalue weighted by Crippen LogP contribution is 2.41. The first-order valence-electron chi connectivity index (χ1n) is 14.5. The van der Waals surface area contributed by atoms with Crippen molar-refractivity contribution in [3.8, 4) is 5.75 Å². The van der Waals surface area contributed by atoms with Crippen molar-refractivity contribution in [1.82, 2.24) is 15.0 Å². The van der Waals surface area contributed by atoms with Gasteiger partial charge in [0.1, 0.15) is 17.9 Å². The van der Waals surface area contributed by atoms with Gasteiger partial charge in [-0.2, -0.15) is 0 Å². The first-order valence-corrected chi connectivity index (χ1v) is 18.2. The van der Waals surface area contributed by atoms with Crippen LogP contribution < -0.4 is 10.3 Å². The van der Waals surface area contributed by atoms with Gasteiger partial charge < -0.3 is 9.47 Å².